The molecule has 1 atom stereocenters. The van der Waals surface area contributed by atoms with Gasteiger partial charge in [-0.25, -0.2) is 19.4 Å². The SMILES string of the molecule is CCCn1cnc2c1c(=O)n(CCCCC(C)(O)C#CCN(C)C)c(=O)n2CC.O=C(O)C=CC(=O)O. The minimum absolute atomic E-state index is 0.293. The van der Waals surface area contributed by atoms with E-state index in [2.05, 4.69) is 16.8 Å². The second-order valence-corrected chi connectivity index (χ2v) is 8.87. The normalized spacial score (nSPS) is 12.6. The van der Waals surface area contributed by atoms with E-state index in [1.807, 2.05) is 37.4 Å². The number of aliphatic carboxylic acids is 2. The highest BCUT2D eigenvalue weighted by Crippen LogP contribution is 2.13. The average molecular weight is 520 g/mol. The molecule has 0 saturated carbocycles. The molecule has 3 N–H and O–H groups in total. The molecule has 2 rings (SSSR count). The van der Waals surface area contributed by atoms with Crippen LogP contribution in [0.3, 0.4) is 0 Å². The number of fused-ring (bicyclic) bond motifs is 1. The van der Waals surface area contributed by atoms with Crippen LogP contribution in [-0.4, -0.2) is 77.1 Å². The number of rotatable bonds is 11. The molecule has 0 amide bonds. The van der Waals surface area contributed by atoms with Crippen LogP contribution in [0.1, 0.15) is 46.5 Å². The van der Waals surface area contributed by atoms with Crippen LogP contribution in [0.25, 0.3) is 11.2 Å². The third-order valence-electron chi connectivity index (χ3n) is 5.18. The fraction of sp³-hybridized carbons (Fsp3) is 0.560. The van der Waals surface area contributed by atoms with E-state index in [4.69, 9.17) is 10.2 Å². The van der Waals surface area contributed by atoms with Gasteiger partial charge in [0.25, 0.3) is 5.56 Å². The first kappa shape index (κ1) is 31.3. The predicted octanol–water partition coefficient (Wildman–Crippen LogP) is 0.988. The summed E-state index contributed by atoms with van der Waals surface area (Å²) in [6.45, 7) is 7.64. The monoisotopic (exact) mass is 519 g/mol. The van der Waals surface area contributed by atoms with Crippen LogP contribution in [0.2, 0.25) is 0 Å². The van der Waals surface area contributed by atoms with Crippen molar-refractivity contribution in [1.82, 2.24) is 23.6 Å². The van der Waals surface area contributed by atoms with Gasteiger partial charge in [-0.2, -0.15) is 0 Å². The largest absolute Gasteiger partial charge is 0.478 e. The number of hydrogen-bond acceptors (Lipinski definition) is 7. The number of imidazole rings is 1. The van der Waals surface area contributed by atoms with Crippen LogP contribution < -0.4 is 11.2 Å². The number of nitrogens with zero attached hydrogens (tertiary/aromatic N) is 5. The second kappa shape index (κ2) is 14.8. The number of aryl methyl sites for hydroxylation is 2. The zero-order chi connectivity index (χ0) is 28.2. The summed E-state index contributed by atoms with van der Waals surface area (Å²) in [5.41, 5.74) is -0.766. The Kier molecular flexibility index (Phi) is 12.5. The van der Waals surface area contributed by atoms with Crippen molar-refractivity contribution in [2.45, 2.75) is 71.7 Å². The summed E-state index contributed by atoms with van der Waals surface area (Å²) in [6, 6.07) is 0. The minimum Gasteiger partial charge on any atom is -0.478 e. The summed E-state index contributed by atoms with van der Waals surface area (Å²) >= 11 is 0. The van der Waals surface area contributed by atoms with Gasteiger partial charge in [0.15, 0.2) is 11.2 Å². The molecule has 2 heterocycles. The van der Waals surface area contributed by atoms with Crippen molar-refractivity contribution < 1.29 is 24.9 Å². The first-order valence-corrected chi connectivity index (χ1v) is 12.0. The Morgan fingerprint density at radius 1 is 1.08 bits per heavy atom. The molecule has 1 unspecified atom stereocenters. The summed E-state index contributed by atoms with van der Waals surface area (Å²) in [7, 11) is 3.85. The second-order valence-electron chi connectivity index (χ2n) is 8.87. The lowest BCUT2D eigenvalue weighted by Crippen LogP contribution is -2.40. The quantitative estimate of drug-likeness (QED) is 0.223. The van der Waals surface area contributed by atoms with Gasteiger partial charge in [0, 0.05) is 31.8 Å². The van der Waals surface area contributed by atoms with E-state index in [0.717, 1.165) is 6.42 Å². The number of hydrogen-bond donors (Lipinski definition) is 3. The van der Waals surface area contributed by atoms with Gasteiger partial charge in [-0.05, 0) is 53.6 Å². The van der Waals surface area contributed by atoms with Gasteiger partial charge >= 0.3 is 17.6 Å². The van der Waals surface area contributed by atoms with Crippen LogP contribution in [0.15, 0.2) is 28.1 Å². The van der Waals surface area contributed by atoms with Crippen LogP contribution in [0.5, 0.6) is 0 Å². The highest BCUT2D eigenvalue weighted by Gasteiger charge is 2.19. The lowest BCUT2D eigenvalue weighted by atomic mass is 9.99. The Morgan fingerprint density at radius 2 is 1.70 bits per heavy atom. The van der Waals surface area contributed by atoms with Gasteiger partial charge < -0.3 is 19.9 Å². The van der Waals surface area contributed by atoms with Gasteiger partial charge in [0.1, 0.15) is 5.60 Å². The van der Waals surface area contributed by atoms with Gasteiger partial charge in [-0.3, -0.25) is 18.8 Å². The summed E-state index contributed by atoms with van der Waals surface area (Å²) < 4.78 is 4.67. The summed E-state index contributed by atoms with van der Waals surface area (Å²) in [5, 5.41) is 26.0. The molecule has 0 fully saturated rings. The van der Waals surface area contributed by atoms with Gasteiger partial charge in [-0.1, -0.05) is 18.8 Å². The van der Waals surface area contributed by atoms with Crippen LogP contribution in [0, 0.1) is 11.8 Å². The smallest absolute Gasteiger partial charge is 0.332 e. The molecule has 0 radical (unpaired) electrons. The van der Waals surface area contributed by atoms with Crippen LogP contribution in [0.4, 0.5) is 0 Å². The molecule has 12 heteroatoms. The molecule has 2 aromatic heterocycles. The average Bonchev–Trinajstić information content (AvgIpc) is 3.21. The summed E-state index contributed by atoms with van der Waals surface area (Å²) in [6.07, 6.45) is 5.38. The lowest BCUT2D eigenvalue weighted by molar-refractivity contribution is -0.134. The van der Waals surface area contributed by atoms with Crippen molar-refractivity contribution in [3.05, 3.63) is 39.3 Å². The van der Waals surface area contributed by atoms with Crippen LogP contribution in [-0.2, 0) is 29.2 Å². The van der Waals surface area contributed by atoms with E-state index in [0.29, 0.717) is 68.8 Å². The Labute approximate surface area is 215 Å². The van der Waals surface area contributed by atoms with Crippen molar-refractivity contribution in [2.24, 2.45) is 0 Å². The van der Waals surface area contributed by atoms with Gasteiger partial charge in [0.2, 0.25) is 0 Å². The van der Waals surface area contributed by atoms with Crippen molar-refractivity contribution in [3.63, 3.8) is 0 Å². The highest BCUT2D eigenvalue weighted by molar-refractivity contribution is 5.89. The van der Waals surface area contributed by atoms with Gasteiger partial charge in [0.05, 0.1) is 12.9 Å². The molecule has 204 valence electrons. The molecule has 0 bridgehead atoms. The molecule has 0 aliphatic rings. The van der Waals surface area contributed by atoms with Crippen molar-refractivity contribution in [3.8, 4) is 11.8 Å². The van der Waals surface area contributed by atoms with Crippen molar-refractivity contribution in [1.29, 1.82) is 0 Å². The fourth-order valence-electron chi connectivity index (χ4n) is 3.46. The lowest BCUT2D eigenvalue weighted by Gasteiger charge is -2.16. The topological polar surface area (TPSA) is 160 Å². The molecule has 0 aliphatic heterocycles. The highest BCUT2D eigenvalue weighted by atomic mass is 16.4. The van der Waals surface area contributed by atoms with E-state index < -0.39 is 17.5 Å². The molecular weight excluding hydrogens is 482 g/mol. The Hall–Kier alpha value is -3.69. The van der Waals surface area contributed by atoms with Crippen molar-refractivity contribution in [2.75, 3.05) is 20.6 Å². The Bertz CT molecular complexity index is 1260. The summed E-state index contributed by atoms with van der Waals surface area (Å²) in [5.74, 6) is 3.34. The molecule has 0 saturated heterocycles. The van der Waals surface area contributed by atoms with Crippen molar-refractivity contribution >= 4 is 23.1 Å². The zero-order valence-corrected chi connectivity index (χ0v) is 22.1. The molecule has 2 aromatic rings. The third-order valence-corrected chi connectivity index (χ3v) is 5.18. The molecule has 0 aromatic carbocycles. The minimum atomic E-state index is -1.26. The standard InChI is InChI=1S/C21H33N5O3.C4H4O4/c1-6-13-24-16-22-18-17(24)19(27)26(20(28)25(18)7-2)15-9-8-11-21(3,29)12-10-14-23(4)5;5-3(6)1-2-4(7)8/h16,29H,6-9,11,13-15H2,1-5H3;1-2H,(H,5,6)(H,7,8). The number of carboxylic acids is 2. The predicted molar refractivity (Wildman–Crippen MR) is 139 cm³/mol. The maximum atomic E-state index is 13.0. The fourth-order valence-corrected chi connectivity index (χ4v) is 3.46. The van der Waals surface area contributed by atoms with Crippen LogP contribution >= 0.6 is 0 Å². The maximum absolute atomic E-state index is 13.0. The number of aliphatic hydroxyl groups is 1. The molecule has 37 heavy (non-hydrogen) atoms. The van der Waals surface area contributed by atoms with E-state index >= 15 is 0 Å². The Balaban J connectivity index is 0.000000738. The zero-order valence-electron chi connectivity index (χ0n) is 22.1. The molecule has 0 spiro atoms. The number of aromatic nitrogens is 4. The first-order valence-electron chi connectivity index (χ1n) is 12.0. The third kappa shape index (κ3) is 10.1. The molecule has 0 aliphatic carbocycles. The maximum Gasteiger partial charge on any atom is 0.332 e. The Morgan fingerprint density at radius 3 is 2.22 bits per heavy atom. The van der Waals surface area contributed by atoms with E-state index in [1.54, 1.807) is 17.8 Å². The van der Waals surface area contributed by atoms with E-state index in [9.17, 15) is 24.3 Å². The van der Waals surface area contributed by atoms with E-state index in [-0.39, 0.29) is 11.2 Å². The number of unbranched alkanes of at least 4 members (excludes halogenated alkanes) is 1. The van der Waals surface area contributed by atoms with E-state index in [1.165, 1.54) is 4.57 Å². The number of carboxylic acid groups (broad SMARTS) is 2. The summed E-state index contributed by atoms with van der Waals surface area (Å²) in [4.78, 5) is 51.1. The number of carbonyl (C=O) groups is 2. The first-order chi connectivity index (χ1) is 17.3. The van der Waals surface area contributed by atoms with Gasteiger partial charge in [-0.15, -0.1) is 0 Å². The molecule has 12 nitrogen and oxygen atoms in total. The molecular formula is C25H37N5O7.